The summed E-state index contributed by atoms with van der Waals surface area (Å²) in [6, 6.07) is 3.99. The summed E-state index contributed by atoms with van der Waals surface area (Å²) < 4.78 is 9.87. The van der Waals surface area contributed by atoms with Crippen LogP contribution in [-0.2, 0) is 0 Å². The molecule has 0 amide bonds. The lowest BCUT2D eigenvalue weighted by molar-refractivity contribution is 0.0618. The fourth-order valence-electron chi connectivity index (χ4n) is 3.33. The number of benzene rings is 3. The third kappa shape index (κ3) is 5.07. The Morgan fingerprint density at radius 2 is 0.750 bits per heavy atom. The monoisotopic (exact) mass is 558 g/mol. The Bertz CT molecular complexity index is 1510. The van der Waals surface area contributed by atoms with Crippen LogP contribution in [0.1, 0.15) is 62.1 Å². The average molecular weight is 558 g/mol. The van der Waals surface area contributed by atoms with Gasteiger partial charge in [-0.25, -0.2) is 28.8 Å². The predicted octanol–water partition coefficient (Wildman–Crippen LogP) is 1.74. The van der Waals surface area contributed by atoms with Gasteiger partial charge in [0.2, 0.25) is 0 Å². The van der Waals surface area contributed by atoms with Crippen molar-refractivity contribution in [2.75, 3.05) is 0 Å². The van der Waals surface area contributed by atoms with E-state index in [2.05, 4.69) is 0 Å². The van der Waals surface area contributed by atoms with Gasteiger partial charge < -0.3 is 50.3 Å². The number of esters is 2. The molecule has 8 N–H and O–H groups in total. The number of carboxylic acid groups (broad SMARTS) is 4. The second-order valence-electron chi connectivity index (χ2n) is 7.53. The van der Waals surface area contributed by atoms with Crippen molar-refractivity contribution in [1.82, 2.24) is 0 Å². The fourth-order valence-corrected chi connectivity index (χ4v) is 3.33. The molecule has 0 spiro atoms. The van der Waals surface area contributed by atoms with Crippen molar-refractivity contribution < 1.29 is 79.1 Å². The third-order valence-electron chi connectivity index (χ3n) is 5.14. The average Bonchev–Trinajstić information content (AvgIpc) is 2.86. The topological polar surface area (TPSA) is 283 Å². The summed E-state index contributed by atoms with van der Waals surface area (Å²) >= 11 is 0. The van der Waals surface area contributed by atoms with Gasteiger partial charge in [0.1, 0.15) is 22.3 Å². The van der Waals surface area contributed by atoms with Crippen molar-refractivity contribution in [2.45, 2.75) is 0 Å². The van der Waals surface area contributed by atoms with Crippen molar-refractivity contribution in [1.29, 1.82) is 0 Å². The number of carboxylic acids is 4. The molecule has 0 saturated carbocycles. The maximum atomic E-state index is 12.9. The lowest BCUT2D eigenvalue weighted by Gasteiger charge is -2.16. The molecule has 0 aromatic heterocycles. The Morgan fingerprint density at radius 1 is 0.450 bits per heavy atom. The lowest BCUT2D eigenvalue weighted by atomic mass is 10.0. The zero-order chi connectivity index (χ0) is 30.0. The van der Waals surface area contributed by atoms with Crippen molar-refractivity contribution in [3.05, 3.63) is 69.8 Å². The highest BCUT2D eigenvalue weighted by Crippen LogP contribution is 2.39. The number of ether oxygens (including phenoxy) is 2. The number of aromatic carboxylic acids is 4. The summed E-state index contributed by atoms with van der Waals surface area (Å²) in [5.74, 6) is -18.0. The quantitative estimate of drug-likeness (QED) is 0.111. The molecule has 0 fully saturated rings. The number of hydrogen-bond acceptors (Lipinski definition) is 12. The summed E-state index contributed by atoms with van der Waals surface area (Å²) in [5.41, 5.74) is -6.25. The molecule has 0 radical (unpaired) electrons. The van der Waals surface area contributed by atoms with Crippen LogP contribution < -0.4 is 9.47 Å². The number of hydrogen-bond donors (Lipinski definition) is 8. The Balaban J connectivity index is 2.24. The van der Waals surface area contributed by atoms with Gasteiger partial charge in [-0.3, -0.25) is 0 Å². The fraction of sp³-hybridized carbons (Fsp3) is 0. The molecule has 206 valence electrons. The Labute approximate surface area is 219 Å². The smallest absolute Gasteiger partial charge is 0.344 e. The summed E-state index contributed by atoms with van der Waals surface area (Å²) in [4.78, 5) is 72.6. The van der Waals surface area contributed by atoms with Crippen LogP contribution in [-0.4, -0.2) is 76.7 Å². The van der Waals surface area contributed by atoms with Crippen LogP contribution in [0.15, 0.2) is 36.4 Å². The highest BCUT2D eigenvalue weighted by molar-refractivity contribution is 6.09. The Kier molecular flexibility index (Phi) is 7.47. The van der Waals surface area contributed by atoms with Crippen LogP contribution in [0.5, 0.6) is 34.5 Å². The maximum absolute atomic E-state index is 12.9. The molecular formula is C24H14O16. The van der Waals surface area contributed by atoms with Gasteiger partial charge in [0.15, 0.2) is 34.5 Å². The third-order valence-corrected chi connectivity index (χ3v) is 5.14. The number of carbonyl (C=O) groups excluding carboxylic acids is 2. The van der Waals surface area contributed by atoms with Crippen LogP contribution in [0.2, 0.25) is 0 Å². The van der Waals surface area contributed by atoms with E-state index >= 15 is 0 Å². The molecule has 0 saturated heterocycles. The first-order valence-electron chi connectivity index (χ1n) is 10.3. The van der Waals surface area contributed by atoms with Crippen molar-refractivity contribution >= 4 is 35.8 Å². The highest BCUT2D eigenvalue weighted by atomic mass is 16.6. The van der Waals surface area contributed by atoms with Gasteiger partial charge in [0, 0.05) is 0 Å². The summed E-state index contributed by atoms with van der Waals surface area (Å²) in [5, 5.41) is 76.7. The van der Waals surface area contributed by atoms with Gasteiger partial charge in [-0.15, -0.1) is 0 Å². The molecule has 0 bridgehead atoms. The predicted molar refractivity (Wildman–Crippen MR) is 124 cm³/mol. The summed E-state index contributed by atoms with van der Waals surface area (Å²) in [6.07, 6.45) is 0. The number of rotatable bonds is 8. The van der Waals surface area contributed by atoms with E-state index in [9.17, 15) is 69.6 Å². The molecule has 40 heavy (non-hydrogen) atoms. The Morgan fingerprint density at radius 3 is 1.02 bits per heavy atom. The number of phenols is 4. The zero-order valence-electron chi connectivity index (χ0n) is 19.3. The molecule has 3 rings (SSSR count). The van der Waals surface area contributed by atoms with Gasteiger partial charge in [-0.1, -0.05) is 0 Å². The van der Waals surface area contributed by atoms with E-state index in [-0.39, 0.29) is 0 Å². The second-order valence-corrected chi connectivity index (χ2v) is 7.53. The van der Waals surface area contributed by atoms with Gasteiger partial charge in [0.25, 0.3) is 0 Å². The molecule has 0 aliphatic heterocycles. The first-order chi connectivity index (χ1) is 18.7. The van der Waals surface area contributed by atoms with E-state index in [1.807, 2.05) is 0 Å². The normalized spacial score (nSPS) is 10.4. The molecule has 0 heterocycles. The molecule has 16 heteroatoms. The van der Waals surface area contributed by atoms with Crippen LogP contribution in [0.3, 0.4) is 0 Å². The minimum atomic E-state index is -1.93. The van der Waals surface area contributed by atoms with Crippen LogP contribution in [0.25, 0.3) is 0 Å². The van der Waals surface area contributed by atoms with Crippen molar-refractivity contribution in [3.63, 3.8) is 0 Å². The molecular weight excluding hydrogens is 544 g/mol. The summed E-state index contributed by atoms with van der Waals surface area (Å²) in [7, 11) is 0. The van der Waals surface area contributed by atoms with Crippen LogP contribution in [0, 0.1) is 0 Å². The molecule has 16 nitrogen and oxygen atoms in total. The zero-order valence-corrected chi connectivity index (χ0v) is 19.3. The minimum absolute atomic E-state index is 0.632. The standard InChI is InChI=1S/C24H14O16/c25-11-5-3-7(13(15(11)27)21(33)34)23(37)39-17-9(19(29)30)1-2-10(20(31)32)18(17)40-24(38)8-4-6-12(26)16(28)14(8)22(35)36/h1-6,25-28H,(H,29,30)(H,31,32)(H,33,34)(H,35,36). The van der Waals surface area contributed by atoms with E-state index in [4.69, 9.17) is 9.47 Å². The molecule has 3 aromatic carbocycles. The van der Waals surface area contributed by atoms with E-state index in [1.54, 1.807) is 0 Å². The van der Waals surface area contributed by atoms with Crippen molar-refractivity contribution in [2.24, 2.45) is 0 Å². The highest BCUT2D eigenvalue weighted by Gasteiger charge is 2.32. The Hall–Kier alpha value is -6.32. The first-order valence-corrected chi connectivity index (χ1v) is 10.3. The van der Waals surface area contributed by atoms with Crippen LogP contribution >= 0.6 is 0 Å². The minimum Gasteiger partial charge on any atom is -0.504 e. The van der Waals surface area contributed by atoms with E-state index in [1.165, 1.54) is 0 Å². The maximum Gasteiger partial charge on any atom is 0.344 e. The number of carbonyl (C=O) groups is 6. The van der Waals surface area contributed by atoms with E-state index in [0.717, 1.165) is 0 Å². The van der Waals surface area contributed by atoms with Gasteiger partial charge in [-0.05, 0) is 36.4 Å². The molecule has 3 aromatic rings. The number of aromatic hydroxyl groups is 4. The van der Waals surface area contributed by atoms with Gasteiger partial charge >= 0.3 is 35.8 Å². The first kappa shape index (κ1) is 28.3. The number of phenolic OH excluding ortho intramolecular Hbond substituents is 2. The molecule has 0 unspecified atom stereocenters. The summed E-state index contributed by atoms with van der Waals surface area (Å²) in [6.45, 7) is 0. The van der Waals surface area contributed by atoms with Crippen molar-refractivity contribution in [3.8, 4) is 34.5 Å². The van der Waals surface area contributed by atoms with Gasteiger partial charge in [0.05, 0.1) is 11.1 Å². The van der Waals surface area contributed by atoms with E-state index in [0.29, 0.717) is 36.4 Å². The molecule has 0 atom stereocenters. The molecule has 0 aliphatic rings. The van der Waals surface area contributed by atoms with Crippen LogP contribution in [0.4, 0.5) is 0 Å². The molecule has 0 aliphatic carbocycles. The lowest BCUT2D eigenvalue weighted by Crippen LogP contribution is -2.20. The van der Waals surface area contributed by atoms with Gasteiger partial charge in [-0.2, -0.15) is 0 Å². The second kappa shape index (κ2) is 10.6. The van der Waals surface area contributed by atoms with E-state index < -0.39 is 104 Å². The largest absolute Gasteiger partial charge is 0.504 e. The SMILES string of the molecule is O=C(O)c1ccc(C(=O)O)c(OC(=O)c2ccc(O)c(O)c2C(=O)O)c1OC(=O)c1ccc(O)c(O)c1C(=O)O.